The molecule has 1 aromatic carbocycles. The van der Waals surface area contributed by atoms with Crippen molar-refractivity contribution in [1.29, 1.82) is 0 Å². The van der Waals surface area contributed by atoms with Gasteiger partial charge in [-0.3, -0.25) is 9.48 Å². The van der Waals surface area contributed by atoms with Crippen molar-refractivity contribution < 1.29 is 9.21 Å². The smallest absolute Gasteiger partial charge is 0.257 e. The Balaban J connectivity index is 1.63. The molecule has 0 bridgehead atoms. The van der Waals surface area contributed by atoms with Crippen LogP contribution in [0.4, 0.5) is 0 Å². The molecule has 0 saturated carbocycles. The fourth-order valence-electron chi connectivity index (χ4n) is 3.11. The van der Waals surface area contributed by atoms with E-state index in [4.69, 9.17) is 9.52 Å². The third-order valence-electron chi connectivity index (χ3n) is 4.47. The molecular formula is C22H21N3O2S. The molecular weight excluding hydrogens is 370 g/mol. The highest BCUT2D eigenvalue weighted by atomic mass is 32.1. The molecule has 0 aliphatic rings. The summed E-state index contributed by atoms with van der Waals surface area (Å²) in [5, 5.41) is 6.71. The van der Waals surface area contributed by atoms with Crippen molar-refractivity contribution in [3.05, 3.63) is 88.8 Å². The molecule has 0 radical (unpaired) electrons. The number of nitrogens with zero attached hydrogens (tertiary/aromatic N) is 3. The number of benzene rings is 1. The van der Waals surface area contributed by atoms with E-state index in [0.717, 1.165) is 27.7 Å². The highest BCUT2D eigenvalue weighted by Gasteiger charge is 2.22. The zero-order valence-electron chi connectivity index (χ0n) is 15.8. The quantitative estimate of drug-likeness (QED) is 0.473. The number of hydrogen-bond donors (Lipinski definition) is 0. The van der Waals surface area contributed by atoms with Crippen LogP contribution >= 0.6 is 11.3 Å². The Labute approximate surface area is 167 Å². The van der Waals surface area contributed by atoms with Crippen molar-refractivity contribution in [2.45, 2.75) is 20.0 Å². The van der Waals surface area contributed by atoms with Gasteiger partial charge in [-0.05, 0) is 36.1 Å². The summed E-state index contributed by atoms with van der Waals surface area (Å²) in [4.78, 5) is 15.8. The average Bonchev–Trinajstić information content (AvgIpc) is 3.43. The number of rotatable bonds is 6. The van der Waals surface area contributed by atoms with Gasteiger partial charge in [0.2, 0.25) is 0 Å². The molecule has 0 N–H and O–H groups in total. The van der Waals surface area contributed by atoms with Crippen LogP contribution in [0.3, 0.4) is 0 Å². The zero-order valence-corrected chi connectivity index (χ0v) is 16.6. The van der Waals surface area contributed by atoms with Gasteiger partial charge in [0, 0.05) is 13.2 Å². The number of carbonyl (C=O) groups is 1. The lowest BCUT2D eigenvalue weighted by Gasteiger charge is -2.15. The number of thiophene rings is 1. The monoisotopic (exact) mass is 391 g/mol. The molecule has 0 aliphatic carbocycles. The van der Waals surface area contributed by atoms with Crippen molar-refractivity contribution in [1.82, 2.24) is 14.7 Å². The van der Waals surface area contributed by atoms with Crippen molar-refractivity contribution in [2.75, 3.05) is 7.05 Å². The number of aromatic nitrogens is 2. The van der Waals surface area contributed by atoms with E-state index in [0.29, 0.717) is 18.7 Å². The van der Waals surface area contributed by atoms with Gasteiger partial charge in [-0.15, -0.1) is 11.3 Å². The van der Waals surface area contributed by atoms with Gasteiger partial charge in [-0.1, -0.05) is 36.4 Å². The minimum Gasteiger partial charge on any atom is -0.464 e. The second-order valence-corrected chi connectivity index (χ2v) is 7.67. The van der Waals surface area contributed by atoms with Crippen molar-refractivity contribution in [3.8, 4) is 10.6 Å². The van der Waals surface area contributed by atoms with E-state index >= 15 is 0 Å². The Bertz CT molecular complexity index is 1060. The summed E-state index contributed by atoms with van der Waals surface area (Å²) in [6.07, 6.45) is 1.84. The number of furan rings is 1. The number of amides is 1. The van der Waals surface area contributed by atoms with E-state index in [2.05, 4.69) is 12.1 Å². The number of hydrogen-bond acceptors (Lipinski definition) is 4. The third-order valence-corrected chi connectivity index (χ3v) is 5.35. The lowest BCUT2D eigenvalue weighted by molar-refractivity contribution is 0.0775. The third kappa shape index (κ3) is 3.92. The number of aryl methyl sites for hydroxylation is 1. The van der Waals surface area contributed by atoms with Crippen LogP contribution in [-0.4, -0.2) is 27.6 Å². The minimum atomic E-state index is -0.0724. The summed E-state index contributed by atoms with van der Waals surface area (Å²) in [5.74, 6) is 1.53. The van der Waals surface area contributed by atoms with Crippen LogP contribution in [0.25, 0.3) is 10.6 Å². The normalized spacial score (nSPS) is 10.9. The van der Waals surface area contributed by atoms with Crippen LogP contribution in [-0.2, 0) is 13.1 Å². The lowest BCUT2D eigenvalue weighted by Crippen LogP contribution is -2.26. The van der Waals surface area contributed by atoms with E-state index < -0.39 is 0 Å². The van der Waals surface area contributed by atoms with Crippen LogP contribution in [0, 0.1) is 6.92 Å². The van der Waals surface area contributed by atoms with Crippen LogP contribution in [0.2, 0.25) is 0 Å². The Morgan fingerprint density at radius 2 is 1.96 bits per heavy atom. The van der Waals surface area contributed by atoms with Crippen molar-refractivity contribution in [2.24, 2.45) is 0 Å². The Kier molecular flexibility index (Phi) is 5.12. The van der Waals surface area contributed by atoms with Gasteiger partial charge in [0.25, 0.3) is 5.91 Å². The first-order chi connectivity index (χ1) is 13.6. The molecule has 1 amide bonds. The summed E-state index contributed by atoms with van der Waals surface area (Å²) in [6, 6.07) is 17.9. The zero-order chi connectivity index (χ0) is 19.5. The minimum absolute atomic E-state index is 0.0724. The first-order valence-corrected chi connectivity index (χ1v) is 9.94. The standard InChI is InChI=1S/C22H21N3O2S/c1-16-10-11-18(27-16)14-24(2)22(26)19-15-25(13-17-7-4-3-5-8-17)23-21(19)20-9-6-12-28-20/h3-12,15H,13-14H2,1-2H3. The number of carbonyl (C=O) groups excluding carboxylic acids is 1. The molecule has 0 spiro atoms. The molecule has 6 heteroatoms. The largest absolute Gasteiger partial charge is 0.464 e. The van der Waals surface area contributed by atoms with E-state index in [1.54, 1.807) is 23.3 Å². The second kappa shape index (κ2) is 7.86. The summed E-state index contributed by atoms with van der Waals surface area (Å²) >= 11 is 1.58. The second-order valence-electron chi connectivity index (χ2n) is 6.73. The molecule has 0 atom stereocenters. The van der Waals surface area contributed by atoms with E-state index in [1.807, 2.05) is 65.6 Å². The van der Waals surface area contributed by atoms with Crippen molar-refractivity contribution in [3.63, 3.8) is 0 Å². The maximum absolute atomic E-state index is 13.2. The van der Waals surface area contributed by atoms with Crippen molar-refractivity contribution >= 4 is 17.2 Å². The Hall–Kier alpha value is -3.12. The maximum atomic E-state index is 13.2. The fourth-order valence-corrected chi connectivity index (χ4v) is 3.83. The molecule has 0 aliphatic heterocycles. The molecule has 0 saturated heterocycles. The van der Waals surface area contributed by atoms with Gasteiger partial charge in [-0.25, -0.2) is 0 Å². The van der Waals surface area contributed by atoms with Gasteiger partial charge in [0.15, 0.2) is 0 Å². The van der Waals surface area contributed by atoms with E-state index in [1.165, 1.54) is 0 Å². The molecule has 3 aromatic heterocycles. The average molecular weight is 391 g/mol. The first kappa shape index (κ1) is 18.3. The predicted molar refractivity (Wildman–Crippen MR) is 110 cm³/mol. The van der Waals surface area contributed by atoms with Crippen LogP contribution in [0.15, 0.2) is 70.6 Å². The molecule has 5 nitrogen and oxygen atoms in total. The van der Waals surface area contributed by atoms with Crippen LogP contribution in [0.5, 0.6) is 0 Å². The van der Waals surface area contributed by atoms with Crippen LogP contribution in [0.1, 0.15) is 27.4 Å². The molecule has 3 heterocycles. The molecule has 4 rings (SSSR count). The van der Waals surface area contributed by atoms with Crippen LogP contribution < -0.4 is 0 Å². The molecule has 0 unspecified atom stereocenters. The Morgan fingerprint density at radius 1 is 1.14 bits per heavy atom. The summed E-state index contributed by atoms with van der Waals surface area (Å²) in [7, 11) is 1.78. The highest BCUT2D eigenvalue weighted by Crippen LogP contribution is 2.28. The topological polar surface area (TPSA) is 51.3 Å². The van der Waals surface area contributed by atoms with Gasteiger partial charge in [0.05, 0.1) is 23.5 Å². The lowest BCUT2D eigenvalue weighted by atomic mass is 10.2. The van der Waals surface area contributed by atoms with Gasteiger partial charge < -0.3 is 9.32 Å². The fraction of sp³-hybridized carbons (Fsp3) is 0.182. The summed E-state index contributed by atoms with van der Waals surface area (Å²) in [5.41, 5.74) is 2.46. The van der Waals surface area contributed by atoms with Gasteiger partial charge in [-0.2, -0.15) is 5.10 Å². The van der Waals surface area contributed by atoms with Gasteiger partial charge in [0.1, 0.15) is 17.2 Å². The Morgan fingerprint density at radius 3 is 2.64 bits per heavy atom. The predicted octanol–water partition coefficient (Wildman–Crippen LogP) is 4.83. The molecule has 142 valence electrons. The highest BCUT2D eigenvalue weighted by molar-refractivity contribution is 7.13. The van der Waals surface area contributed by atoms with Gasteiger partial charge >= 0.3 is 0 Å². The van der Waals surface area contributed by atoms with E-state index in [-0.39, 0.29) is 5.91 Å². The first-order valence-electron chi connectivity index (χ1n) is 9.06. The summed E-state index contributed by atoms with van der Waals surface area (Å²) in [6.45, 7) is 2.93. The van der Waals surface area contributed by atoms with E-state index in [9.17, 15) is 4.79 Å². The molecule has 0 fully saturated rings. The maximum Gasteiger partial charge on any atom is 0.257 e. The molecule has 28 heavy (non-hydrogen) atoms. The SMILES string of the molecule is Cc1ccc(CN(C)C(=O)c2cn(Cc3ccccc3)nc2-c2cccs2)o1. The summed E-state index contributed by atoms with van der Waals surface area (Å²) < 4.78 is 7.45. The molecule has 4 aromatic rings.